The second-order valence-corrected chi connectivity index (χ2v) is 5.59. The highest BCUT2D eigenvalue weighted by atomic mass is 16.5. The third-order valence-corrected chi connectivity index (χ3v) is 3.98. The number of hydrogen-bond donors (Lipinski definition) is 1. The minimum atomic E-state index is -0.0367. The maximum atomic E-state index is 12.3. The summed E-state index contributed by atoms with van der Waals surface area (Å²) in [7, 11) is 0. The molecule has 0 fully saturated rings. The Kier molecular flexibility index (Phi) is 4.07. The van der Waals surface area contributed by atoms with Crippen LogP contribution in [0, 0.1) is 0 Å². The molecule has 0 radical (unpaired) electrons. The van der Waals surface area contributed by atoms with Gasteiger partial charge in [-0.05, 0) is 6.07 Å². The van der Waals surface area contributed by atoms with Crippen LogP contribution in [-0.2, 0) is 11.3 Å². The highest BCUT2D eigenvalue weighted by Crippen LogP contribution is 2.22. The number of amides is 1. The monoisotopic (exact) mass is 336 g/mol. The van der Waals surface area contributed by atoms with E-state index in [2.05, 4.69) is 25.3 Å². The van der Waals surface area contributed by atoms with Crippen LogP contribution >= 0.6 is 0 Å². The van der Waals surface area contributed by atoms with Crippen LogP contribution in [0.3, 0.4) is 0 Å². The van der Waals surface area contributed by atoms with E-state index in [4.69, 9.17) is 4.74 Å². The Bertz CT molecular complexity index is 911. The number of fused-ring (bicyclic) bond motifs is 2. The van der Waals surface area contributed by atoms with Crippen LogP contribution in [0.4, 0.5) is 5.82 Å². The highest BCUT2D eigenvalue weighted by molar-refractivity contribution is 5.81. The summed E-state index contributed by atoms with van der Waals surface area (Å²) >= 11 is 0. The fourth-order valence-electron chi connectivity index (χ4n) is 2.74. The molecule has 3 heterocycles. The number of ether oxygens (including phenoxy) is 1. The van der Waals surface area contributed by atoms with Crippen molar-refractivity contribution in [3.63, 3.8) is 0 Å². The zero-order valence-corrected chi connectivity index (χ0v) is 13.4. The van der Waals surface area contributed by atoms with Crippen molar-refractivity contribution in [3.05, 3.63) is 48.5 Å². The first-order valence-corrected chi connectivity index (χ1v) is 7.95. The molecule has 0 bridgehead atoms. The number of nitrogens with zero attached hydrogens (tertiary/aromatic N) is 5. The van der Waals surface area contributed by atoms with E-state index < -0.39 is 0 Å². The van der Waals surface area contributed by atoms with Crippen molar-refractivity contribution in [2.45, 2.75) is 6.54 Å². The smallest absolute Gasteiger partial charge is 0.260 e. The molecule has 2 aromatic heterocycles. The Hall–Kier alpha value is -3.29. The Morgan fingerprint density at radius 3 is 2.96 bits per heavy atom. The van der Waals surface area contributed by atoms with Crippen molar-refractivity contribution in [3.8, 4) is 5.75 Å². The molecule has 1 amide bonds. The van der Waals surface area contributed by atoms with Crippen LogP contribution in [0.15, 0.2) is 43.0 Å². The first-order chi connectivity index (χ1) is 12.3. The summed E-state index contributed by atoms with van der Waals surface area (Å²) in [6.07, 6.45) is 4.64. The van der Waals surface area contributed by atoms with Gasteiger partial charge >= 0.3 is 0 Å². The molecule has 0 saturated carbocycles. The number of para-hydroxylation sites is 1. The number of rotatable bonds is 4. The highest BCUT2D eigenvalue weighted by Gasteiger charge is 2.20. The van der Waals surface area contributed by atoms with Gasteiger partial charge in [-0.25, -0.2) is 19.9 Å². The van der Waals surface area contributed by atoms with Crippen LogP contribution in [0.25, 0.3) is 11.2 Å². The largest absolute Gasteiger partial charge is 0.483 e. The molecule has 8 nitrogen and oxygen atoms in total. The third kappa shape index (κ3) is 3.18. The Morgan fingerprint density at radius 1 is 1.12 bits per heavy atom. The summed E-state index contributed by atoms with van der Waals surface area (Å²) < 4.78 is 5.56. The van der Waals surface area contributed by atoms with E-state index in [0.29, 0.717) is 36.6 Å². The van der Waals surface area contributed by atoms with Gasteiger partial charge in [0.25, 0.3) is 5.91 Å². The van der Waals surface area contributed by atoms with E-state index in [-0.39, 0.29) is 12.5 Å². The number of aromatic nitrogens is 4. The van der Waals surface area contributed by atoms with Gasteiger partial charge in [-0.15, -0.1) is 0 Å². The summed E-state index contributed by atoms with van der Waals surface area (Å²) in [5, 5.41) is 3.21. The lowest BCUT2D eigenvalue weighted by Gasteiger charge is -2.20. The van der Waals surface area contributed by atoms with Crippen molar-refractivity contribution < 1.29 is 9.53 Å². The van der Waals surface area contributed by atoms with E-state index in [1.165, 1.54) is 6.33 Å². The molecule has 1 N–H and O–H groups in total. The van der Waals surface area contributed by atoms with Gasteiger partial charge in [0.05, 0.1) is 0 Å². The number of carbonyl (C=O) groups excluding carboxylic acids is 1. The molecule has 4 rings (SSSR count). The van der Waals surface area contributed by atoms with Crippen molar-refractivity contribution in [2.75, 3.05) is 25.0 Å². The molecule has 1 aromatic carbocycles. The first kappa shape index (κ1) is 15.3. The Labute approximate surface area is 143 Å². The quantitative estimate of drug-likeness (QED) is 0.766. The summed E-state index contributed by atoms with van der Waals surface area (Å²) in [5.41, 5.74) is 2.15. The van der Waals surface area contributed by atoms with Gasteiger partial charge in [-0.1, -0.05) is 18.2 Å². The molecular weight excluding hydrogens is 320 g/mol. The minimum Gasteiger partial charge on any atom is -0.483 e. The van der Waals surface area contributed by atoms with E-state index in [0.717, 1.165) is 11.3 Å². The maximum absolute atomic E-state index is 12.3. The molecule has 0 unspecified atom stereocenters. The maximum Gasteiger partial charge on any atom is 0.260 e. The van der Waals surface area contributed by atoms with E-state index >= 15 is 0 Å². The molecule has 1 aliphatic rings. The van der Waals surface area contributed by atoms with Gasteiger partial charge in [0.1, 0.15) is 17.6 Å². The fraction of sp³-hybridized carbons (Fsp3) is 0.235. The molecule has 0 saturated heterocycles. The van der Waals surface area contributed by atoms with Crippen molar-refractivity contribution in [1.82, 2.24) is 24.8 Å². The zero-order valence-electron chi connectivity index (χ0n) is 13.4. The van der Waals surface area contributed by atoms with Crippen LogP contribution in [-0.4, -0.2) is 50.4 Å². The predicted molar refractivity (Wildman–Crippen MR) is 91.0 cm³/mol. The van der Waals surface area contributed by atoms with E-state index in [1.54, 1.807) is 17.3 Å². The van der Waals surface area contributed by atoms with Crippen molar-refractivity contribution >= 4 is 22.9 Å². The molecule has 3 aromatic rings. The lowest BCUT2D eigenvalue weighted by molar-refractivity contribution is -0.133. The molecule has 0 atom stereocenters. The van der Waals surface area contributed by atoms with Crippen LogP contribution in [0.5, 0.6) is 5.75 Å². The topological polar surface area (TPSA) is 93.1 Å². The van der Waals surface area contributed by atoms with Crippen molar-refractivity contribution in [1.29, 1.82) is 0 Å². The van der Waals surface area contributed by atoms with Crippen molar-refractivity contribution in [2.24, 2.45) is 0 Å². The molecule has 8 heteroatoms. The average molecular weight is 336 g/mol. The Morgan fingerprint density at radius 2 is 2.00 bits per heavy atom. The van der Waals surface area contributed by atoms with Gasteiger partial charge < -0.3 is 15.0 Å². The summed E-state index contributed by atoms with van der Waals surface area (Å²) in [5.74, 6) is 1.34. The zero-order chi connectivity index (χ0) is 17.1. The van der Waals surface area contributed by atoms with Crippen LogP contribution in [0.2, 0.25) is 0 Å². The SMILES string of the molecule is O=C1COc2ccccc2CN1CCNc1ncnc2nccnc12. The third-order valence-electron chi connectivity index (χ3n) is 3.98. The number of nitrogens with one attached hydrogen (secondary N) is 1. The number of carbonyl (C=O) groups is 1. The van der Waals surface area contributed by atoms with Gasteiger partial charge in [0.2, 0.25) is 0 Å². The molecule has 25 heavy (non-hydrogen) atoms. The van der Waals surface area contributed by atoms with Crippen LogP contribution in [0.1, 0.15) is 5.56 Å². The second-order valence-electron chi connectivity index (χ2n) is 5.59. The minimum absolute atomic E-state index is 0.0367. The molecule has 0 aliphatic carbocycles. The number of hydrogen-bond acceptors (Lipinski definition) is 7. The van der Waals surface area contributed by atoms with Crippen LogP contribution < -0.4 is 10.1 Å². The fourth-order valence-corrected chi connectivity index (χ4v) is 2.74. The predicted octanol–water partition coefficient (Wildman–Crippen LogP) is 1.25. The molecule has 1 aliphatic heterocycles. The standard InChI is InChI=1S/C17H16N6O2/c24-14-10-25-13-4-2-1-3-12(13)9-23(14)8-7-20-17-15-16(21-11-22-17)19-6-5-18-15/h1-6,11H,7-10H2,(H,19,20,21,22). The average Bonchev–Trinajstić information content (AvgIpc) is 2.81. The van der Waals surface area contributed by atoms with Gasteiger partial charge in [-0.2, -0.15) is 0 Å². The van der Waals surface area contributed by atoms with Gasteiger partial charge in [0.15, 0.2) is 18.1 Å². The van der Waals surface area contributed by atoms with E-state index in [9.17, 15) is 4.79 Å². The van der Waals surface area contributed by atoms with E-state index in [1.807, 2.05) is 24.3 Å². The summed E-state index contributed by atoms with van der Waals surface area (Å²) in [6.45, 7) is 1.65. The number of anilines is 1. The summed E-state index contributed by atoms with van der Waals surface area (Å²) in [4.78, 5) is 30.7. The molecule has 126 valence electrons. The molecular formula is C17H16N6O2. The lowest BCUT2D eigenvalue weighted by Crippen LogP contribution is -2.36. The number of benzene rings is 1. The Balaban J connectivity index is 1.45. The normalized spacial score (nSPS) is 13.9. The lowest BCUT2D eigenvalue weighted by atomic mass is 10.2. The van der Waals surface area contributed by atoms with Gasteiger partial charge in [0, 0.05) is 37.6 Å². The summed E-state index contributed by atoms with van der Waals surface area (Å²) in [6, 6.07) is 7.71. The molecule has 0 spiro atoms. The van der Waals surface area contributed by atoms with Gasteiger partial charge in [-0.3, -0.25) is 4.79 Å². The second kappa shape index (κ2) is 6.68. The first-order valence-electron chi connectivity index (χ1n) is 7.95.